The highest BCUT2D eigenvalue weighted by atomic mass is 32.2. The van der Waals surface area contributed by atoms with Crippen molar-refractivity contribution in [2.24, 2.45) is 5.92 Å². The molecule has 0 fully saturated rings. The molecule has 0 spiro atoms. The molecule has 3 aromatic carbocycles. The zero-order chi connectivity index (χ0) is 25.8. The van der Waals surface area contributed by atoms with Gasteiger partial charge in [0.2, 0.25) is 5.78 Å². The lowest BCUT2D eigenvalue weighted by atomic mass is 9.96. The molecule has 1 aliphatic rings. The summed E-state index contributed by atoms with van der Waals surface area (Å²) >= 11 is 3.29. The quantitative estimate of drug-likeness (QED) is 0.230. The number of thioether (sulfide) groups is 1. The number of hydrogen-bond donors (Lipinski definition) is 0. The Morgan fingerprint density at radius 2 is 1.82 bits per heavy atom. The average Bonchev–Trinajstić information content (AvgIpc) is 3.54. The third-order valence-corrected chi connectivity index (χ3v) is 9.51. The summed E-state index contributed by atoms with van der Waals surface area (Å²) in [6.45, 7) is 4.88. The molecule has 1 aliphatic heterocycles. The maximum atomic E-state index is 14.1. The maximum Gasteiger partial charge on any atom is 0.268 e. The summed E-state index contributed by atoms with van der Waals surface area (Å²) in [7, 11) is 0. The van der Waals surface area contributed by atoms with E-state index in [0.717, 1.165) is 43.7 Å². The summed E-state index contributed by atoms with van der Waals surface area (Å²) in [5, 5.41) is 13.2. The van der Waals surface area contributed by atoms with Crippen molar-refractivity contribution in [3.63, 3.8) is 0 Å². The molecule has 3 aromatic heterocycles. The van der Waals surface area contributed by atoms with Crippen molar-refractivity contribution in [2.45, 2.75) is 43.9 Å². The van der Waals surface area contributed by atoms with Gasteiger partial charge in [-0.25, -0.2) is 8.97 Å². The van der Waals surface area contributed by atoms with E-state index in [4.69, 9.17) is 4.74 Å². The number of para-hydroxylation sites is 1. The number of thiophene rings is 1. The smallest absolute Gasteiger partial charge is 0.268 e. The highest BCUT2D eigenvalue weighted by molar-refractivity contribution is 7.98. The molecular weight excluding hydrogens is 512 g/mol. The minimum Gasteiger partial charge on any atom is -0.372 e. The van der Waals surface area contributed by atoms with Crippen molar-refractivity contribution in [1.29, 1.82) is 0 Å². The highest BCUT2D eigenvalue weighted by Crippen LogP contribution is 2.38. The molecule has 190 valence electrons. The van der Waals surface area contributed by atoms with Crippen molar-refractivity contribution in [3.05, 3.63) is 99.2 Å². The number of aromatic nitrogens is 4. The topological polar surface area (TPSA) is 61.4 Å². The summed E-state index contributed by atoms with van der Waals surface area (Å²) in [5.41, 5.74) is 3.11. The lowest BCUT2D eigenvalue weighted by Crippen LogP contribution is -2.28. The van der Waals surface area contributed by atoms with E-state index in [1.165, 1.54) is 16.3 Å². The van der Waals surface area contributed by atoms with Crippen LogP contribution in [0.5, 0.6) is 0 Å². The van der Waals surface area contributed by atoms with Crippen LogP contribution in [0.3, 0.4) is 0 Å². The molecule has 0 unspecified atom stereocenters. The largest absolute Gasteiger partial charge is 0.372 e. The Morgan fingerprint density at radius 1 is 1.03 bits per heavy atom. The van der Waals surface area contributed by atoms with Crippen molar-refractivity contribution < 1.29 is 4.74 Å². The molecule has 38 heavy (non-hydrogen) atoms. The lowest BCUT2D eigenvalue weighted by Gasteiger charge is -2.26. The minimum atomic E-state index is -0.0430. The normalized spacial score (nSPS) is 15.6. The van der Waals surface area contributed by atoms with Gasteiger partial charge in [0.05, 0.1) is 23.8 Å². The third-order valence-electron chi connectivity index (χ3n) is 7.34. The molecule has 6 aromatic rings. The average molecular weight is 539 g/mol. The summed E-state index contributed by atoms with van der Waals surface area (Å²) in [6, 6.07) is 24.6. The molecule has 0 bridgehead atoms. The maximum absolute atomic E-state index is 14.1. The Kier molecular flexibility index (Phi) is 5.83. The first-order valence-electron chi connectivity index (χ1n) is 12.8. The van der Waals surface area contributed by atoms with Crippen LogP contribution in [0.2, 0.25) is 0 Å². The lowest BCUT2D eigenvalue weighted by molar-refractivity contribution is 0.00200. The Labute approximate surface area is 227 Å². The van der Waals surface area contributed by atoms with Crippen LogP contribution in [0.4, 0.5) is 0 Å². The van der Waals surface area contributed by atoms with Crippen LogP contribution in [0.25, 0.3) is 32.5 Å². The minimum absolute atomic E-state index is 0.0430. The Hall–Kier alpha value is -3.46. The second-order valence-corrected chi connectivity index (χ2v) is 12.0. The summed E-state index contributed by atoms with van der Waals surface area (Å²) in [5.74, 6) is 1.66. The molecule has 0 saturated carbocycles. The van der Waals surface area contributed by atoms with E-state index in [2.05, 4.69) is 70.9 Å². The monoisotopic (exact) mass is 538 g/mol. The van der Waals surface area contributed by atoms with E-state index in [1.807, 2.05) is 30.3 Å². The standard InChI is InChI=1S/C30H26N4O2S2/c1-18(2)24-15-23-25(16-36-24)38-28-26(23)27(35)33(21-12-4-3-5-13-21)29-31-32-30(34(28)29)37-17-20-11-8-10-19-9-6-7-14-22(19)20/h3-14,18,24H,15-17H2,1-2H3/t24-/m1/s1. The number of hydrogen-bond acceptors (Lipinski definition) is 6. The summed E-state index contributed by atoms with van der Waals surface area (Å²) in [6.07, 6.45) is 0.838. The molecular formula is C30H26N4O2S2. The van der Waals surface area contributed by atoms with Gasteiger partial charge in [-0.05, 0) is 39.9 Å². The first kappa shape index (κ1) is 23.6. The highest BCUT2D eigenvalue weighted by Gasteiger charge is 2.30. The van der Waals surface area contributed by atoms with E-state index in [9.17, 15) is 4.79 Å². The van der Waals surface area contributed by atoms with Crippen LogP contribution in [-0.2, 0) is 23.5 Å². The fourth-order valence-electron chi connectivity index (χ4n) is 5.33. The van der Waals surface area contributed by atoms with Crippen LogP contribution in [0, 0.1) is 5.92 Å². The van der Waals surface area contributed by atoms with E-state index >= 15 is 0 Å². The van der Waals surface area contributed by atoms with Crippen LogP contribution >= 0.6 is 23.1 Å². The number of benzene rings is 3. The van der Waals surface area contributed by atoms with Crippen molar-refractivity contribution >= 4 is 49.9 Å². The number of rotatable bonds is 5. The first-order valence-corrected chi connectivity index (χ1v) is 14.6. The van der Waals surface area contributed by atoms with Gasteiger partial charge in [0.15, 0.2) is 5.16 Å². The third kappa shape index (κ3) is 3.78. The van der Waals surface area contributed by atoms with Gasteiger partial charge in [0, 0.05) is 17.1 Å². The number of ether oxygens (including phenoxy) is 1. The fraction of sp³-hybridized carbons (Fsp3) is 0.233. The zero-order valence-electron chi connectivity index (χ0n) is 21.1. The zero-order valence-corrected chi connectivity index (χ0v) is 22.8. The van der Waals surface area contributed by atoms with E-state index < -0.39 is 0 Å². The van der Waals surface area contributed by atoms with Crippen molar-refractivity contribution in [2.75, 3.05) is 0 Å². The Bertz CT molecular complexity index is 1870. The first-order chi connectivity index (χ1) is 18.6. The van der Waals surface area contributed by atoms with E-state index in [-0.39, 0.29) is 11.7 Å². The van der Waals surface area contributed by atoms with Gasteiger partial charge >= 0.3 is 0 Å². The summed E-state index contributed by atoms with van der Waals surface area (Å²) in [4.78, 5) is 16.2. The van der Waals surface area contributed by atoms with Gasteiger partial charge in [0.1, 0.15) is 4.83 Å². The van der Waals surface area contributed by atoms with Gasteiger partial charge in [-0.2, -0.15) is 0 Å². The van der Waals surface area contributed by atoms with Gasteiger partial charge in [-0.15, -0.1) is 21.5 Å². The predicted octanol–water partition coefficient (Wildman–Crippen LogP) is 6.64. The van der Waals surface area contributed by atoms with Crippen LogP contribution in [0.1, 0.15) is 29.9 Å². The molecule has 0 amide bonds. The molecule has 8 heteroatoms. The molecule has 4 heterocycles. The Morgan fingerprint density at radius 3 is 2.66 bits per heavy atom. The number of fused-ring (bicyclic) bond motifs is 6. The number of nitrogens with zero attached hydrogens (tertiary/aromatic N) is 4. The molecule has 1 atom stereocenters. The molecule has 0 aliphatic carbocycles. The summed E-state index contributed by atoms with van der Waals surface area (Å²) < 4.78 is 9.96. The molecule has 6 nitrogen and oxygen atoms in total. The van der Waals surface area contributed by atoms with Gasteiger partial charge in [-0.1, -0.05) is 86.3 Å². The van der Waals surface area contributed by atoms with Gasteiger partial charge in [-0.3, -0.25) is 4.79 Å². The second kappa shape index (κ2) is 9.38. The van der Waals surface area contributed by atoms with Crippen LogP contribution in [0.15, 0.2) is 82.7 Å². The Balaban J connectivity index is 1.43. The van der Waals surface area contributed by atoms with Gasteiger partial charge < -0.3 is 4.74 Å². The van der Waals surface area contributed by atoms with Gasteiger partial charge in [0.25, 0.3) is 5.56 Å². The molecule has 0 saturated heterocycles. The van der Waals surface area contributed by atoms with Crippen molar-refractivity contribution in [3.8, 4) is 5.69 Å². The van der Waals surface area contributed by atoms with E-state index in [0.29, 0.717) is 18.3 Å². The second-order valence-electron chi connectivity index (χ2n) is 10.0. The molecule has 7 rings (SSSR count). The fourth-order valence-corrected chi connectivity index (χ4v) is 7.57. The predicted molar refractivity (Wildman–Crippen MR) is 155 cm³/mol. The molecule has 0 N–H and O–H groups in total. The SMILES string of the molecule is CC(C)[C@H]1Cc2c(sc3c2c(=O)n(-c2ccccc2)c2nnc(SCc4cccc5ccccc45)n32)CO1. The van der Waals surface area contributed by atoms with E-state index in [1.54, 1.807) is 27.7 Å². The molecule has 0 radical (unpaired) electrons. The van der Waals surface area contributed by atoms with Crippen LogP contribution in [-0.4, -0.2) is 25.3 Å². The van der Waals surface area contributed by atoms with Crippen LogP contribution < -0.4 is 5.56 Å². The van der Waals surface area contributed by atoms with Crippen molar-refractivity contribution in [1.82, 2.24) is 19.2 Å².